The number of hydrogen-bond acceptors (Lipinski definition) is 4. The normalized spacial score (nSPS) is 16.9. The Hall–Kier alpha value is -1.54. The average Bonchev–Trinajstić information content (AvgIpc) is 2.70. The molecule has 1 saturated heterocycles. The van der Waals surface area contributed by atoms with Gasteiger partial charge in [0.15, 0.2) is 0 Å². The van der Waals surface area contributed by atoms with Gasteiger partial charge in [0.1, 0.15) is 12.4 Å². The topological polar surface area (TPSA) is 35.9 Å². The fourth-order valence-electron chi connectivity index (χ4n) is 2.60. The van der Waals surface area contributed by atoms with Gasteiger partial charge in [0.25, 0.3) is 0 Å². The van der Waals surface area contributed by atoms with Crippen molar-refractivity contribution >= 4 is 0 Å². The van der Waals surface area contributed by atoms with Gasteiger partial charge in [0, 0.05) is 19.6 Å². The molecule has 0 amide bonds. The van der Waals surface area contributed by atoms with Crippen LogP contribution in [0.4, 0.5) is 0 Å². The predicted octanol–water partition coefficient (Wildman–Crippen LogP) is 1.18. The van der Waals surface area contributed by atoms with Gasteiger partial charge in [-0.1, -0.05) is 17.9 Å². The van der Waals surface area contributed by atoms with Crippen LogP contribution in [0.5, 0.6) is 5.75 Å². The summed E-state index contributed by atoms with van der Waals surface area (Å²) < 4.78 is 5.32. The van der Waals surface area contributed by atoms with E-state index < -0.39 is 0 Å². The van der Waals surface area contributed by atoms with E-state index in [4.69, 9.17) is 9.84 Å². The van der Waals surface area contributed by atoms with Crippen LogP contribution in [0.15, 0.2) is 18.2 Å². The predicted molar refractivity (Wildman–Crippen MR) is 84.3 cm³/mol. The molecule has 0 aromatic heterocycles. The molecule has 0 atom stereocenters. The minimum Gasteiger partial charge on any atom is -0.495 e. The quantitative estimate of drug-likeness (QED) is 0.847. The van der Waals surface area contributed by atoms with E-state index in [0.717, 1.165) is 37.5 Å². The highest BCUT2D eigenvalue weighted by Gasteiger charge is 2.13. The first kappa shape index (κ1) is 15.8. The number of aliphatic hydroxyl groups is 1. The summed E-state index contributed by atoms with van der Waals surface area (Å²) in [7, 11) is 3.82. The molecular weight excluding hydrogens is 264 g/mol. The van der Waals surface area contributed by atoms with Crippen molar-refractivity contribution in [2.75, 3.05) is 46.9 Å². The maximum Gasteiger partial charge on any atom is 0.134 e. The summed E-state index contributed by atoms with van der Waals surface area (Å²) in [6, 6.07) is 6.12. The first-order chi connectivity index (χ1) is 10.2. The fourth-order valence-corrected chi connectivity index (χ4v) is 2.60. The highest BCUT2D eigenvalue weighted by Crippen LogP contribution is 2.20. The molecule has 1 aliphatic heterocycles. The van der Waals surface area contributed by atoms with Gasteiger partial charge in [0.05, 0.1) is 12.7 Å². The minimum atomic E-state index is -0.133. The van der Waals surface area contributed by atoms with Crippen LogP contribution in [-0.2, 0) is 6.54 Å². The third kappa shape index (κ3) is 4.75. The molecule has 114 valence electrons. The molecular formula is C17H24N2O2. The Morgan fingerprint density at radius 3 is 2.86 bits per heavy atom. The molecule has 21 heavy (non-hydrogen) atoms. The first-order valence-corrected chi connectivity index (χ1v) is 7.40. The Bertz CT molecular complexity index is 519. The van der Waals surface area contributed by atoms with Crippen molar-refractivity contribution in [2.45, 2.75) is 13.0 Å². The lowest BCUT2D eigenvalue weighted by molar-refractivity contribution is 0.269. The largest absolute Gasteiger partial charge is 0.495 e. The van der Waals surface area contributed by atoms with E-state index in [0.29, 0.717) is 0 Å². The van der Waals surface area contributed by atoms with Crippen molar-refractivity contribution in [3.8, 4) is 17.6 Å². The van der Waals surface area contributed by atoms with Gasteiger partial charge in [-0.3, -0.25) is 4.90 Å². The standard InChI is InChI=1S/C17H24N2O2/c1-18-8-4-9-19(11-10-18)14-15-6-7-17(21-2)16(13-15)5-3-12-20/h6-7,13,20H,4,8-12,14H2,1-2H3. The Balaban J connectivity index is 2.09. The van der Waals surface area contributed by atoms with E-state index in [-0.39, 0.29) is 6.61 Å². The molecule has 0 unspecified atom stereocenters. The third-order valence-electron chi connectivity index (χ3n) is 3.78. The molecule has 1 heterocycles. The van der Waals surface area contributed by atoms with Crippen molar-refractivity contribution in [2.24, 2.45) is 0 Å². The number of likely N-dealkylation sites (N-methyl/N-ethyl adjacent to an activating group) is 1. The Morgan fingerprint density at radius 2 is 2.10 bits per heavy atom. The molecule has 0 radical (unpaired) electrons. The molecule has 4 nitrogen and oxygen atoms in total. The minimum absolute atomic E-state index is 0.133. The van der Waals surface area contributed by atoms with Crippen LogP contribution >= 0.6 is 0 Å². The van der Waals surface area contributed by atoms with E-state index in [1.54, 1.807) is 7.11 Å². The molecule has 0 saturated carbocycles. The maximum atomic E-state index is 8.85. The van der Waals surface area contributed by atoms with Gasteiger partial charge < -0.3 is 14.7 Å². The Labute approximate surface area is 127 Å². The molecule has 1 aromatic carbocycles. The van der Waals surface area contributed by atoms with Gasteiger partial charge in [-0.25, -0.2) is 0 Å². The molecule has 1 aliphatic rings. The van der Waals surface area contributed by atoms with Crippen LogP contribution in [0.3, 0.4) is 0 Å². The van der Waals surface area contributed by atoms with E-state index in [1.807, 2.05) is 6.07 Å². The smallest absolute Gasteiger partial charge is 0.134 e. The zero-order chi connectivity index (χ0) is 15.1. The number of aliphatic hydroxyl groups excluding tert-OH is 1. The van der Waals surface area contributed by atoms with E-state index in [2.05, 4.69) is 40.8 Å². The van der Waals surface area contributed by atoms with Crippen LogP contribution in [-0.4, -0.2) is 61.8 Å². The van der Waals surface area contributed by atoms with Gasteiger partial charge in [-0.05, 0) is 44.3 Å². The summed E-state index contributed by atoms with van der Waals surface area (Å²) in [5.41, 5.74) is 2.08. The highest BCUT2D eigenvalue weighted by atomic mass is 16.5. The second-order valence-electron chi connectivity index (χ2n) is 5.43. The summed E-state index contributed by atoms with van der Waals surface area (Å²) in [5.74, 6) is 6.41. The highest BCUT2D eigenvalue weighted by molar-refractivity contribution is 5.48. The lowest BCUT2D eigenvalue weighted by atomic mass is 10.1. The molecule has 0 spiro atoms. The van der Waals surface area contributed by atoms with Gasteiger partial charge in [0.2, 0.25) is 0 Å². The molecule has 2 rings (SSSR count). The zero-order valence-electron chi connectivity index (χ0n) is 12.9. The molecule has 1 N–H and O–H groups in total. The first-order valence-electron chi connectivity index (χ1n) is 7.40. The lowest BCUT2D eigenvalue weighted by Crippen LogP contribution is -2.28. The summed E-state index contributed by atoms with van der Waals surface area (Å²) in [6.07, 6.45) is 1.21. The molecule has 4 heteroatoms. The second-order valence-corrected chi connectivity index (χ2v) is 5.43. The third-order valence-corrected chi connectivity index (χ3v) is 3.78. The number of ether oxygens (including phenoxy) is 1. The van der Waals surface area contributed by atoms with Crippen molar-refractivity contribution in [1.29, 1.82) is 0 Å². The summed E-state index contributed by atoms with van der Waals surface area (Å²) in [4.78, 5) is 4.86. The van der Waals surface area contributed by atoms with Crippen LogP contribution in [0.2, 0.25) is 0 Å². The van der Waals surface area contributed by atoms with E-state index >= 15 is 0 Å². The number of nitrogens with zero attached hydrogens (tertiary/aromatic N) is 2. The summed E-state index contributed by atoms with van der Waals surface area (Å²) in [5, 5.41) is 8.85. The van der Waals surface area contributed by atoms with Crippen molar-refractivity contribution in [1.82, 2.24) is 9.80 Å². The number of rotatable bonds is 3. The lowest BCUT2D eigenvalue weighted by Gasteiger charge is -2.20. The van der Waals surface area contributed by atoms with Crippen LogP contribution < -0.4 is 4.74 Å². The number of methoxy groups -OCH3 is 1. The van der Waals surface area contributed by atoms with E-state index in [9.17, 15) is 0 Å². The van der Waals surface area contributed by atoms with Crippen LogP contribution in [0.1, 0.15) is 17.5 Å². The van der Waals surface area contributed by atoms with Crippen LogP contribution in [0.25, 0.3) is 0 Å². The van der Waals surface area contributed by atoms with Gasteiger partial charge in [-0.2, -0.15) is 0 Å². The zero-order valence-corrected chi connectivity index (χ0v) is 12.9. The summed E-state index contributed by atoms with van der Waals surface area (Å²) in [6.45, 7) is 5.32. The SMILES string of the molecule is COc1ccc(CN2CCCN(C)CC2)cc1C#CCO. The number of hydrogen-bond donors (Lipinski definition) is 1. The number of benzene rings is 1. The molecule has 0 bridgehead atoms. The molecule has 0 aliphatic carbocycles. The fraction of sp³-hybridized carbons (Fsp3) is 0.529. The monoisotopic (exact) mass is 288 g/mol. The van der Waals surface area contributed by atoms with Gasteiger partial charge >= 0.3 is 0 Å². The summed E-state index contributed by atoms with van der Waals surface area (Å²) >= 11 is 0. The van der Waals surface area contributed by atoms with Gasteiger partial charge in [-0.15, -0.1) is 0 Å². The van der Waals surface area contributed by atoms with Crippen molar-refractivity contribution in [3.63, 3.8) is 0 Å². The van der Waals surface area contributed by atoms with Crippen molar-refractivity contribution in [3.05, 3.63) is 29.3 Å². The Kier molecular flexibility index (Phi) is 6.06. The molecule has 1 fully saturated rings. The second kappa shape index (κ2) is 8.04. The Morgan fingerprint density at radius 1 is 1.24 bits per heavy atom. The average molecular weight is 288 g/mol. The van der Waals surface area contributed by atoms with Crippen molar-refractivity contribution < 1.29 is 9.84 Å². The maximum absolute atomic E-state index is 8.85. The molecule has 1 aromatic rings. The van der Waals surface area contributed by atoms with Crippen LogP contribution in [0, 0.1) is 11.8 Å². The van der Waals surface area contributed by atoms with E-state index in [1.165, 1.54) is 18.5 Å².